The molecule has 0 saturated heterocycles. The molecule has 24 heavy (non-hydrogen) atoms. The lowest BCUT2D eigenvalue weighted by molar-refractivity contribution is 0.101. The lowest BCUT2D eigenvalue weighted by Gasteiger charge is -2.18. The Bertz CT molecular complexity index is 588. The first-order valence-corrected chi connectivity index (χ1v) is 8.49. The molecule has 0 aliphatic carbocycles. The average molecular weight is 329 g/mol. The van der Waals surface area contributed by atoms with Crippen LogP contribution in [0.1, 0.15) is 19.4 Å². The summed E-state index contributed by atoms with van der Waals surface area (Å²) in [4.78, 5) is 0. The highest BCUT2D eigenvalue weighted by Crippen LogP contribution is 2.18. The molecule has 0 spiro atoms. The van der Waals surface area contributed by atoms with Crippen molar-refractivity contribution < 1.29 is 14.6 Å². The number of aryl methyl sites for hydroxylation is 1. The van der Waals surface area contributed by atoms with Crippen molar-refractivity contribution in [2.75, 3.05) is 19.8 Å². The number of nitrogens with one attached hydrogen (secondary N) is 1. The normalized spacial score (nSPS) is 13.3. The van der Waals surface area contributed by atoms with Gasteiger partial charge in [-0.2, -0.15) is 0 Å². The first-order valence-electron chi connectivity index (χ1n) is 8.49. The summed E-state index contributed by atoms with van der Waals surface area (Å²) in [6.07, 6.45) is 0.354. The molecule has 0 saturated carbocycles. The summed E-state index contributed by atoms with van der Waals surface area (Å²) in [5.74, 6) is 1.70. The molecular weight excluding hydrogens is 302 g/mol. The van der Waals surface area contributed by atoms with E-state index in [1.807, 2.05) is 61.5 Å². The highest BCUT2D eigenvalue weighted by molar-refractivity contribution is 5.33. The molecule has 0 unspecified atom stereocenters. The SMILES string of the molecule is CCc1ccccc1OC[C@@H](O)CN[C@@H](C)COc1ccccc1. The second kappa shape index (κ2) is 9.96. The van der Waals surface area contributed by atoms with E-state index < -0.39 is 6.10 Å². The van der Waals surface area contributed by atoms with Crippen LogP contribution in [0.2, 0.25) is 0 Å². The Morgan fingerprint density at radius 1 is 0.958 bits per heavy atom. The zero-order chi connectivity index (χ0) is 17.2. The van der Waals surface area contributed by atoms with Crippen LogP contribution in [-0.4, -0.2) is 37.0 Å². The van der Waals surface area contributed by atoms with Crippen LogP contribution < -0.4 is 14.8 Å². The number of hydrogen-bond acceptors (Lipinski definition) is 4. The van der Waals surface area contributed by atoms with E-state index in [1.54, 1.807) is 0 Å². The van der Waals surface area contributed by atoms with Gasteiger partial charge >= 0.3 is 0 Å². The number of rotatable bonds is 10. The van der Waals surface area contributed by atoms with E-state index in [0.29, 0.717) is 13.2 Å². The van der Waals surface area contributed by atoms with Crippen molar-refractivity contribution >= 4 is 0 Å². The van der Waals surface area contributed by atoms with Crippen molar-refractivity contribution in [2.24, 2.45) is 0 Å². The number of aliphatic hydroxyl groups is 1. The molecule has 0 fully saturated rings. The van der Waals surface area contributed by atoms with Crippen molar-refractivity contribution in [3.63, 3.8) is 0 Å². The van der Waals surface area contributed by atoms with Gasteiger partial charge in [-0.3, -0.25) is 0 Å². The molecule has 2 atom stereocenters. The van der Waals surface area contributed by atoms with Gasteiger partial charge in [-0.05, 0) is 37.1 Å². The molecule has 4 heteroatoms. The van der Waals surface area contributed by atoms with Crippen LogP contribution in [0.4, 0.5) is 0 Å². The molecule has 2 aromatic rings. The Kier molecular flexibility index (Phi) is 7.59. The minimum atomic E-state index is -0.561. The molecule has 2 aromatic carbocycles. The summed E-state index contributed by atoms with van der Waals surface area (Å²) >= 11 is 0. The van der Waals surface area contributed by atoms with E-state index in [-0.39, 0.29) is 12.6 Å². The highest BCUT2D eigenvalue weighted by Gasteiger charge is 2.10. The molecule has 0 amide bonds. The van der Waals surface area contributed by atoms with Crippen LogP contribution in [-0.2, 0) is 6.42 Å². The predicted molar refractivity (Wildman–Crippen MR) is 96.7 cm³/mol. The molecule has 2 N–H and O–H groups in total. The zero-order valence-corrected chi connectivity index (χ0v) is 14.4. The van der Waals surface area contributed by atoms with Gasteiger partial charge in [0.1, 0.15) is 30.8 Å². The molecule has 0 radical (unpaired) electrons. The van der Waals surface area contributed by atoms with Gasteiger partial charge in [0.15, 0.2) is 0 Å². The van der Waals surface area contributed by atoms with E-state index in [1.165, 1.54) is 0 Å². The number of benzene rings is 2. The Balaban J connectivity index is 1.66. The summed E-state index contributed by atoms with van der Waals surface area (Å²) < 4.78 is 11.4. The standard InChI is InChI=1S/C20H27NO3/c1-3-17-9-7-8-12-20(17)24-15-18(22)13-21-16(2)14-23-19-10-5-4-6-11-19/h4-12,16,18,21-22H,3,13-15H2,1-2H3/t16-,18-/m0/s1. The van der Waals surface area contributed by atoms with Crippen molar-refractivity contribution in [1.82, 2.24) is 5.32 Å². The Morgan fingerprint density at radius 2 is 1.67 bits per heavy atom. The summed E-state index contributed by atoms with van der Waals surface area (Å²) in [6, 6.07) is 17.8. The van der Waals surface area contributed by atoms with Crippen LogP contribution in [0.5, 0.6) is 11.5 Å². The third-order valence-corrected chi connectivity index (χ3v) is 3.73. The van der Waals surface area contributed by atoms with Crippen LogP contribution in [0, 0.1) is 0 Å². The monoisotopic (exact) mass is 329 g/mol. The third-order valence-electron chi connectivity index (χ3n) is 3.73. The molecular formula is C20H27NO3. The van der Waals surface area contributed by atoms with Crippen LogP contribution in [0.15, 0.2) is 54.6 Å². The predicted octanol–water partition coefficient (Wildman–Crippen LogP) is 3.05. The summed E-state index contributed by atoms with van der Waals surface area (Å²) in [5.41, 5.74) is 1.15. The fraction of sp³-hybridized carbons (Fsp3) is 0.400. The Labute approximate surface area is 144 Å². The second-order valence-corrected chi connectivity index (χ2v) is 5.86. The van der Waals surface area contributed by atoms with Gasteiger partial charge in [0.05, 0.1) is 0 Å². The third kappa shape index (κ3) is 6.22. The lowest BCUT2D eigenvalue weighted by Crippen LogP contribution is -2.39. The maximum absolute atomic E-state index is 10.1. The fourth-order valence-electron chi connectivity index (χ4n) is 2.32. The largest absolute Gasteiger partial charge is 0.492 e. The molecule has 4 nitrogen and oxygen atoms in total. The average Bonchev–Trinajstić information content (AvgIpc) is 2.64. The Morgan fingerprint density at radius 3 is 2.42 bits per heavy atom. The quantitative estimate of drug-likeness (QED) is 0.703. The minimum Gasteiger partial charge on any atom is -0.492 e. The van der Waals surface area contributed by atoms with Gasteiger partial charge in [-0.25, -0.2) is 0 Å². The lowest BCUT2D eigenvalue weighted by atomic mass is 10.1. The van der Waals surface area contributed by atoms with Crippen molar-refractivity contribution in [1.29, 1.82) is 0 Å². The van der Waals surface area contributed by atoms with Gasteiger partial charge in [-0.15, -0.1) is 0 Å². The molecule has 0 bridgehead atoms. The van der Waals surface area contributed by atoms with Gasteiger partial charge in [0.25, 0.3) is 0 Å². The van der Waals surface area contributed by atoms with Gasteiger partial charge in [0.2, 0.25) is 0 Å². The minimum absolute atomic E-state index is 0.141. The molecule has 0 aliphatic heterocycles. The summed E-state index contributed by atoms with van der Waals surface area (Å²) in [6.45, 7) is 5.41. The van der Waals surface area contributed by atoms with Crippen LogP contribution >= 0.6 is 0 Å². The first kappa shape index (κ1) is 18.3. The molecule has 0 aliphatic rings. The van der Waals surface area contributed by atoms with E-state index >= 15 is 0 Å². The maximum atomic E-state index is 10.1. The topological polar surface area (TPSA) is 50.7 Å². The summed E-state index contributed by atoms with van der Waals surface area (Å²) in [7, 11) is 0. The first-order chi connectivity index (χ1) is 11.7. The van der Waals surface area contributed by atoms with E-state index in [0.717, 1.165) is 23.5 Å². The van der Waals surface area contributed by atoms with E-state index in [2.05, 4.69) is 12.2 Å². The second-order valence-electron chi connectivity index (χ2n) is 5.86. The van der Waals surface area contributed by atoms with Crippen LogP contribution in [0.3, 0.4) is 0 Å². The number of para-hydroxylation sites is 2. The number of hydrogen-bond donors (Lipinski definition) is 2. The number of ether oxygens (including phenoxy) is 2. The zero-order valence-electron chi connectivity index (χ0n) is 14.4. The molecule has 2 rings (SSSR count). The van der Waals surface area contributed by atoms with Gasteiger partial charge < -0.3 is 19.9 Å². The van der Waals surface area contributed by atoms with Gasteiger partial charge in [0, 0.05) is 12.6 Å². The maximum Gasteiger partial charge on any atom is 0.122 e. The van der Waals surface area contributed by atoms with E-state index in [4.69, 9.17) is 9.47 Å². The summed E-state index contributed by atoms with van der Waals surface area (Å²) in [5, 5.41) is 13.3. The molecule has 0 aromatic heterocycles. The highest BCUT2D eigenvalue weighted by atomic mass is 16.5. The molecule has 0 heterocycles. The van der Waals surface area contributed by atoms with Gasteiger partial charge in [-0.1, -0.05) is 43.3 Å². The van der Waals surface area contributed by atoms with E-state index in [9.17, 15) is 5.11 Å². The Hall–Kier alpha value is -2.04. The smallest absolute Gasteiger partial charge is 0.122 e. The number of aliphatic hydroxyl groups excluding tert-OH is 1. The van der Waals surface area contributed by atoms with Crippen LogP contribution in [0.25, 0.3) is 0 Å². The fourth-order valence-corrected chi connectivity index (χ4v) is 2.32. The van der Waals surface area contributed by atoms with Crippen molar-refractivity contribution in [2.45, 2.75) is 32.4 Å². The van der Waals surface area contributed by atoms with Crippen molar-refractivity contribution in [3.05, 3.63) is 60.2 Å². The molecule has 130 valence electrons. The van der Waals surface area contributed by atoms with Crippen molar-refractivity contribution in [3.8, 4) is 11.5 Å².